The van der Waals surface area contributed by atoms with E-state index in [1.54, 1.807) is 18.3 Å². The fourth-order valence-corrected chi connectivity index (χ4v) is 1.72. The maximum absolute atomic E-state index is 13.0. The lowest BCUT2D eigenvalue weighted by Gasteiger charge is -2.09. The Balaban J connectivity index is 1.76. The van der Waals surface area contributed by atoms with Crippen LogP contribution in [0.5, 0.6) is 0 Å². The van der Waals surface area contributed by atoms with Gasteiger partial charge in [-0.05, 0) is 42.5 Å². The summed E-state index contributed by atoms with van der Waals surface area (Å²) in [6, 6.07) is 11.8. The molecule has 0 unspecified atom stereocenters. The molecule has 0 amide bonds. The normalized spacial score (nSPS) is 9.95. The van der Waals surface area contributed by atoms with Crippen LogP contribution in [0.1, 0.15) is 5.69 Å². The van der Waals surface area contributed by atoms with Crippen LogP contribution in [-0.2, 0) is 11.2 Å². The van der Waals surface area contributed by atoms with Crippen molar-refractivity contribution in [2.45, 2.75) is 6.42 Å². The van der Waals surface area contributed by atoms with Crippen LogP contribution in [-0.4, -0.2) is 16.8 Å². The third-order valence-electron chi connectivity index (χ3n) is 2.39. The van der Waals surface area contributed by atoms with E-state index in [9.17, 15) is 4.39 Å². The Morgan fingerprint density at radius 2 is 2.16 bits per heavy atom. The second-order valence-corrected chi connectivity index (χ2v) is 4.21. The van der Waals surface area contributed by atoms with Crippen LogP contribution in [0.3, 0.4) is 0 Å². The Labute approximate surface area is 116 Å². The molecule has 2 aromatic rings. The van der Waals surface area contributed by atoms with E-state index >= 15 is 0 Å². The first-order chi connectivity index (χ1) is 9.24. The maximum atomic E-state index is 13.0. The summed E-state index contributed by atoms with van der Waals surface area (Å²) in [6.07, 6.45) is 2.41. The Morgan fingerprint density at radius 3 is 2.89 bits per heavy atom. The highest BCUT2D eigenvalue weighted by Gasteiger charge is 2.01. The van der Waals surface area contributed by atoms with Gasteiger partial charge >= 0.3 is 0 Å². The van der Waals surface area contributed by atoms with Crippen LogP contribution >= 0.6 is 12.2 Å². The summed E-state index contributed by atoms with van der Waals surface area (Å²) < 4.78 is 18.3. The molecule has 1 aromatic carbocycles. The summed E-state index contributed by atoms with van der Waals surface area (Å²) in [5.41, 5.74) is 1.51. The number of nitrogens with zero attached hydrogens (tertiary/aromatic N) is 1. The monoisotopic (exact) mass is 276 g/mol. The van der Waals surface area contributed by atoms with Crippen molar-refractivity contribution in [1.82, 2.24) is 4.98 Å². The molecule has 0 bridgehead atoms. The van der Waals surface area contributed by atoms with Crippen LogP contribution < -0.4 is 5.32 Å². The number of nitrogens with one attached hydrogen (secondary N) is 1. The number of aromatic nitrogens is 1. The zero-order valence-electron chi connectivity index (χ0n) is 10.2. The highest BCUT2D eigenvalue weighted by atomic mass is 32.1. The number of benzene rings is 1. The molecule has 98 valence electrons. The molecule has 3 nitrogen and oxygen atoms in total. The quantitative estimate of drug-likeness (QED) is 0.870. The van der Waals surface area contributed by atoms with Crippen LogP contribution in [0.15, 0.2) is 48.7 Å². The van der Waals surface area contributed by atoms with Gasteiger partial charge in [-0.25, -0.2) is 4.39 Å². The molecular formula is C14H13FN2OS. The molecule has 1 heterocycles. The minimum Gasteiger partial charge on any atom is -0.470 e. The fourth-order valence-electron chi connectivity index (χ4n) is 1.51. The lowest BCUT2D eigenvalue weighted by atomic mass is 10.3. The molecule has 2 rings (SSSR count). The number of pyridine rings is 1. The first kappa shape index (κ1) is 13.4. The molecule has 1 aromatic heterocycles. The molecule has 0 aliphatic carbocycles. The summed E-state index contributed by atoms with van der Waals surface area (Å²) in [7, 11) is 0. The Kier molecular flexibility index (Phi) is 4.80. The molecule has 0 saturated carbocycles. The molecule has 1 N–H and O–H groups in total. The number of anilines is 1. The zero-order valence-corrected chi connectivity index (χ0v) is 11.0. The third-order valence-corrected chi connectivity index (χ3v) is 2.61. The number of halogens is 1. The van der Waals surface area contributed by atoms with Crippen molar-refractivity contribution < 1.29 is 9.13 Å². The molecule has 19 heavy (non-hydrogen) atoms. The number of hydrogen-bond donors (Lipinski definition) is 1. The standard InChI is InChI=1S/C14H13FN2OS/c15-11-4-3-6-13(10-11)17-14(19)18-9-7-12-5-1-2-8-16-12/h1-6,8,10H,7,9H2,(H,17,19). The first-order valence-electron chi connectivity index (χ1n) is 5.83. The summed E-state index contributed by atoms with van der Waals surface area (Å²) in [5.74, 6) is -0.318. The van der Waals surface area contributed by atoms with Crippen LogP contribution in [0.25, 0.3) is 0 Å². The zero-order chi connectivity index (χ0) is 13.5. The van der Waals surface area contributed by atoms with Gasteiger partial charge in [0.05, 0.1) is 6.61 Å². The predicted octanol–water partition coefficient (Wildman–Crippen LogP) is 3.18. The Hall–Kier alpha value is -2.01. The van der Waals surface area contributed by atoms with E-state index in [1.807, 2.05) is 18.2 Å². The molecule has 0 atom stereocenters. The average molecular weight is 276 g/mol. The van der Waals surface area contributed by atoms with Gasteiger partial charge in [0, 0.05) is 24.0 Å². The van der Waals surface area contributed by atoms with Crippen LogP contribution in [0.2, 0.25) is 0 Å². The van der Waals surface area contributed by atoms with Crippen molar-refractivity contribution in [1.29, 1.82) is 0 Å². The van der Waals surface area contributed by atoms with Gasteiger partial charge in [0.2, 0.25) is 0 Å². The molecule has 0 aliphatic heterocycles. The predicted molar refractivity (Wildman–Crippen MR) is 76.5 cm³/mol. The van der Waals surface area contributed by atoms with Crippen LogP contribution in [0.4, 0.5) is 10.1 Å². The molecule has 0 radical (unpaired) electrons. The minimum absolute atomic E-state index is 0.224. The molecule has 0 fully saturated rings. The highest BCUT2D eigenvalue weighted by molar-refractivity contribution is 7.80. The summed E-state index contributed by atoms with van der Waals surface area (Å²) in [6.45, 7) is 0.429. The van der Waals surface area contributed by atoms with Gasteiger partial charge in [0.1, 0.15) is 5.82 Å². The first-order valence-corrected chi connectivity index (χ1v) is 6.24. The van der Waals surface area contributed by atoms with E-state index in [2.05, 4.69) is 10.3 Å². The fraction of sp³-hybridized carbons (Fsp3) is 0.143. The summed E-state index contributed by atoms with van der Waals surface area (Å²) in [4.78, 5) is 4.18. The number of hydrogen-bond acceptors (Lipinski definition) is 3. The molecular weight excluding hydrogens is 263 g/mol. The van der Waals surface area contributed by atoms with E-state index in [1.165, 1.54) is 12.1 Å². The summed E-state index contributed by atoms with van der Waals surface area (Å²) in [5, 5.41) is 3.04. The largest absolute Gasteiger partial charge is 0.470 e. The van der Waals surface area contributed by atoms with E-state index in [0.29, 0.717) is 18.7 Å². The number of ether oxygens (including phenoxy) is 1. The lowest BCUT2D eigenvalue weighted by Crippen LogP contribution is -2.15. The van der Waals surface area contributed by atoms with Gasteiger partial charge in [-0.15, -0.1) is 0 Å². The second-order valence-electron chi connectivity index (χ2n) is 3.84. The van der Waals surface area contributed by atoms with Crippen molar-refractivity contribution in [3.8, 4) is 0 Å². The molecule has 0 saturated heterocycles. The van der Waals surface area contributed by atoms with Crippen molar-refractivity contribution in [3.63, 3.8) is 0 Å². The van der Waals surface area contributed by atoms with Crippen molar-refractivity contribution >= 4 is 23.1 Å². The van der Waals surface area contributed by atoms with E-state index < -0.39 is 0 Å². The SMILES string of the molecule is Fc1cccc(NC(=S)OCCc2ccccn2)c1. The molecule has 0 aliphatic rings. The van der Waals surface area contributed by atoms with E-state index in [0.717, 1.165) is 5.69 Å². The molecule has 0 spiro atoms. The maximum Gasteiger partial charge on any atom is 0.261 e. The van der Waals surface area contributed by atoms with Gasteiger partial charge in [0.25, 0.3) is 5.17 Å². The van der Waals surface area contributed by atoms with Crippen LogP contribution in [0, 0.1) is 5.82 Å². The van der Waals surface area contributed by atoms with Crippen molar-refractivity contribution in [2.75, 3.05) is 11.9 Å². The second kappa shape index (κ2) is 6.80. The van der Waals surface area contributed by atoms with Gasteiger partial charge in [-0.1, -0.05) is 12.1 Å². The van der Waals surface area contributed by atoms with Crippen molar-refractivity contribution in [3.05, 3.63) is 60.2 Å². The Bertz CT molecular complexity index is 548. The molecule has 5 heteroatoms. The topological polar surface area (TPSA) is 34.1 Å². The van der Waals surface area contributed by atoms with Gasteiger partial charge in [-0.2, -0.15) is 0 Å². The lowest BCUT2D eigenvalue weighted by molar-refractivity contribution is 0.315. The smallest absolute Gasteiger partial charge is 0.261 e. The number of thiocarbonyl (C=S) groups is 1. The van der Waals surface area contributed by atoms with Gasteiger partial charge in [0.15, 0.2) is 0 Å². The van der Waals surface area contributed by atoms with E-state index in [4.69, 9.17) is 17.0 Å². The minimum atomic E-state index is -0.318. The summed E-state index contributed by atoms with van der Waals surface area (Å²) >= 11 is 5.02. The van der Waals surface area contributed by atoms with Gasteiger partial charge < -0.3 is 10.1 Å². The third kappa shape index (κ3) is 4.63. The van der Waals surface area contributed by atoms with Crippen molar-refractivity contribution in [2.24, 2.45) is 0 Å². The highest BCUT2D eigenvalue weighted by Crippen LogP contribution is 2.09. The van der Waals surface area contributed by atoms with E-state index in [-0.39, 0.29) is 11.0 Å². The number of rotatable bonds is 4. The Morgan fingerprint density at radius 1 is 1.26 bits per heavy atom. The van der Waals surface area contributed by atoms with Gasteiger partial charge in [-0.3, -0.25) is 4.98 Å². The average Bonchev–Trinajstić information content (AvgIpc) is 2.40.